The molecular formula is C18H12N2O8. The van der Waals surface area contributed by atoms with E-state index < -0.39 is 32.7 Å². The normalized spacial score (nSPS) is 10.3. The molecule has 0 aliphatic carbocycles. The van der Waals surface area contributed by atoms with Gasteiger partial charge in [-0.15, -0.1) is 0 Å². The van der Waals surface area contributed by atoms with Gasteiger partial charge in [-0.3, -0.25) is 20.2 Å². The van der Waals surface area contributed by atoms with Gasteiger partial charge in [0.15, 0.2) is 11.5 Å². The Kier molecular flexibility index (Phi) is 4.94. The number of benzene rings is 3. The largest absolute Gasteiger partial charge is 0.502 e. The molecule has 142 valence electrons. The molecule has 3 rings (SSSR count). The smallest absolute Gasteiger partial charge is 0.314 e. The first-order valence-corrected chi connectivity index (χ1v) is 7.74. The van der Waals surface area contributed by atoms with E-state index in [1.165, 1.54) is 18.2 Å². The van der Waals surface area contributed by atoms with Crippen molar-refractivity contribution in [3.8, 4) is 34.5 Å². The lowest BCUT2D eigenvalue weighted by molar-refractivity contribution is -0.386. The molecule has 0 unspecified atom stereocenters. The van der Waals surface area contributed by atoms with Gasteiger partial charge in [-0.25, -0.2) is 0 Å². The molecule has 3 aromatic rings. The summed E-state index contributed by atoms with van der Waals surface area (Å²) in [5.74, 6) is -0.146. The number of nitrogens with zero attached hydrogens (tertiary/aromatic N) is 2. The Morgan fingerprint density at radius 1 is 0.643 bits per heavy atom. The lowest BCUT2D eigenvalue weighted by Gasteiger charge is -2.09. The molecular weight excluding hydrogens is 372 g/mol. The topological polar surface area (TPSA) is 145 Å². The number of nitro groups is 2. The average molecular weight is 384 g/mol. The van der Waals surface area contributed by atoms with Crippen LogP contribution in [0.1, 0.15) is 0 Å². The van der Waals surface area contributed by atoms with Crippen LogP contribution in [0.5, 0.6) is 34.5 Å². The Morgan fingerprint density at radius 2 is 1.04 bits per heavy atom. The van der Waals surface area contributed by atoms with Crippen LogP contribution in [0.3, 0.4) is 0 Å². The second-order valence-corrected chi connectivity index (χ2v) is 5.49. The first-order valence-electron chi connectivity index (χ1n) is 7.74. The maximum absolute atomic E-state index is 10.9. The monoisotopic (exact) mass is 384 g/mol. The molecule has 10 heteroatoms. The van der Waals surface area contributed by atoms with Crippen molar-refractivity contribution in [3.63, 3.8) is 0 Å². The molecule has 0 bridgehead atoms. The first-order chi connectivity index (χ1) is 13.3. The molecule has 2 N–H and O–H groups in total. The third-order valence-corrected chi connectivity index (χ3v) is 3.56. The molecule has 28 heavy (non-hydrogen) atoms. The van der Waals surface area contributed by atoms with Gasteiger partial charge in [-0.05, 0) is 36.4 Å². The molecule has 0 saturated carbocycles. The highest BCUT2D eigenvalue weighted by molar-refractivity contribution is 5.52. The van der Waals surface area contributed by atoms with Crippen LogP contribution in [0.2, 0.25) is 0 Å². The van der Waals surface area contributed by atoms with Crippen LogP contribution in [-0.2, 0) is 0 Å². The Balaban J connectivity index is 1.82. The molecule has 0 saturated heterocycles. The zero-order valence-corrected chi connectivity index (χ0v) is 14.0. The zero-order chi connectivity index (χ0) is 20.3. The van der Waals surface area contributed by atoms with E-state index in [0.29, 0.717) is 0 Å². The van der Waals surface area contributed by atoms with Crippen molar-refractivity contribution in [3.05, 3.63) is 80.9 Å². The lowest BCUT2D eigenvalue weighted by Crippen LogP contribution is -1.92. The van der Waals surface area contributed by atoms with Crippen molar-refractivity contribution >= 4 is 11.4 Å². The van der Waals surface area contributed by atoms with E-state index in [2.05, 4.69) is 0 Å². The number of hydrogen-bond acceptors (Lipinski definition) is 8. The van der Waals surface area contributed by atoms with Crippen LogP contribution in [0.4, 0.5) is 11.4 Å². The maximum atomic E-state index is 10.9. The summed E-state index contributed by atoms with van der Waals surface area (Å²) in [5, 5.41) is 40.7. The summed E-state index contributed by atoms with van der Waals surface area (Å²) in [6.07, 6.45) is 0. The molecule has 0 aromatic heterocycles. The van der Waals surface area contributed by atoms with Gasteiger partial charge in [0.25, 0.3) is 0 Å². The number of aromatic hydroxyl groups is 2. The number of ether oxygens (including phenoxy) is 2. The Bertz CT molecular complexity index is 986. The van der Waals surface area contributed by atoms with Gasteiger partial charge < -0.3 is 19.7 Å². The highest BCUT2D eigenvalue weighted by Gasteiger charge is 2.16. The minimum atomic E-state index is -0.737. The van der Waals surface area contributed by atoms with Crippen molar-refractivity contribution in [1.29, 1.82) is 0 Å². The van der Waals surface area contributed by atoms with Crippen LogP contribution in [0.15, 0.2) is 60.7 Å². The van der Waals surface area contributed by atoms with Gasteiger partial charge in [0.05, 0.1) is 22.0 Å². The van der Waals surface area contributed by atoms with Crippen LogP contribution in [0.25, 0.3) is 0 Å². The van der Waals surface area contributed by atoms with Gasteiger partial charge in [-0.1, -0.05) is 6.07 Å². The van der Waals surface area contributed by atoms with Crippen molar-refractivity contribution in [2.75, 3.05) is 0 Å². The standard InChI is InChI=1S/C18H12N2O8/c21-17-6-4-13(9-15(17)19(23)24)27-11-2-1-3-12(8-11)28-14-5-7-18(22)16(10-14)20(25)26/h1-10,21-22H. The Hall–Kier alpha value is -4.34. The third kappa shape index (κ3) is 4.07. The quantitative estimate of drug-likeness (QED) is 0.467. The fourth-order valence-corrected chi connectivity index (χ4v) is 2.30. The molecule has 0 radical (unpaired) electrons. The summed E-state index contributed by atoms with van der Waals surface area (Å²) >= 11 is 0. The van der Waals surface area contributed by atoms with Gasteiger partial charge in [0, 0.05) is 6.07 Å². The van der Waals surface area contributed by atoms with E-state index in [-0.39, 0.29) is 23.0 Å². The van der Waals surface area contributed by atoms with E-state index >= 15 is 0 Å². The van der Waals surface area contributed by atoms with Crippen molar-refractivity contribution in [1.82, 2.24) is 0 Å². The maximum Gasteiger partial charge on any atom is 0.314 e. The van der Waals surface area contributed by atoms with Gasteiger partial charge in [-0.2, -0.15) is 0 Å². The molecule has 0 amide bonds. The Labute approximate surface area is 157 Å². The van der Waals surface area contributed by atoms with Crippen molar-refractivity contribution < 1.29 is 29.5 Å². The number of nitro benzene ring substituents is 2. The van der Waals surface area contributed by atoms with Crippen LogP contribution >= 0.6 is 0 Å². The first kappa shape index (κ1) is 18.5. The van der Waals surface area contributed by atoms with E-state index in [1.54, 1.807) is 18.2 Å². The minimum Gasteiger partial charge on any atom is -0.502 e. The zero-order valence-electron chi connectivity index (χ0n) is 14.0. The average Bonchev–Trinajstić information content (AvgIpc) is 2.65. The number of phenolic OH excluding ortho intramolecular Hbond substituents is 2. The molecule has 0 aliphatic heterocycles. The SMILES string of the molecule is O=[N+]([O-])c1cc(Oc2cccc(Oc3ccc(O)c([N+](=O)[O-])c3)c2)ccc1O. The summed E-state index contributed by atoms with van der Waals surface area (Å²) in [5.41, 5.74) is -0.998. The lowest BCUT2D eigenvalue weighted by atomic mass is 10.2. The van der Waals surface area contributed by atoms with Crippen molar-refractivity contribution in [2.45, 2.75) is 0 Å². The van der Waals surface area contributed by atoms with E-state index in [9.17, 15) is 30.4 Å². The summed E-state index contributed by atoms with van der Waals surface area (Å²) in [7, 11) is 0. The van der Waals surface area contributed by atoms with E-state index in [1.807, 2.05) is 0 Å². The van der Waals surface area contributed by atoms with Crippen molar-refractivity contribution in [2.24, 2.45) is 0 Å². The summed E-state index contributed by atoms with van der Waals surface area (Å²) in [6.45, 7) is 0. The van der Waals surface area contributed by atoms with Gasteiger partial charge in [0.2, 0.25) is 0 Å². The highest BCUT2D eigenvalue weighted by Crippen LogP contribution is 2.35. The number of phenols is 2. The highest BCUT2D eigenvalue weighted by atomic mass is 16.6. The minimum absolute atomic E-state index is 0.127. The fraction of sp³-hybridized carbons (Fsp3) is 0. The van der Waals surface area contributed by atoms with Crippen LogP contribution < -0.4 is 9.47 Å². The van der Waals surface area contributed by atoms with Gasteiger partial charge in [0.1, 0.15) is 23.0 Å². The molecule has 0 heterocycles. The molecule has 0 aliphatic rings. The predicted octanol–water partition coefficient (Wildman–Crippen LogP) is 4.50. The molecule has 0 spiro atoms. The molecule has 0 atom stereocenters. The predicted molar refractivity (Wildman–Crippen MR) is 96.1 cm³/mol. The second kappa shape index (κ2) is 7.50. The molecule has 3 aromatic carbocycles. The number of rotatable bonds is 6. The summed E-state index contributed by atoms with van der Waals surface area (Å²) < 4.78 is 11.1. The summed E-state index contributed by atoms with van der Waals surface area (Å²) in [6, 6.07) is 13.4. The Morgan fingerprint density at radius 3 is 1.43 bits per heavy atom. The van der Waals surface area contributed by atoms with E-state index in [4.69, 9.17) is 9.47 Å². The third-order valence-electron chi connectivity index (χ3n) is 3.56. The van der Waals surface area contributed by atoms with Gasteiger partial charge >= 0.3 is 11.4 Å². The molecule has 10 nitrogen and oxygen atoms in total. The summed E-state index contributed by atoms with van der Waals surface area (Å²) in [4.78, 5) is 20.3. The van der Waals surface area contributed by atoms with E-state index in [0.717, 1.165) is 24.3 Å². The molecule has 0 fully saturated rings. The number of hydrogen-bond donors (Lipinski definition) is 2. The van der Waals surface area contributed by atoms with Crippen LogP contribution in [0, 0.1) is 20.2 Å². The fourth-order valence-electron chi connectivity index (χ4n) is 2.30. The second-order valence-electron chi connectivity index (χ2n) is 5.49. The van der Waals surface area contributed by atoms with Crippen LogP contribution in [-0.4, -0.2) is 20.1 Å².